The highest BCUT2D eigenvalue weighted by atomic mass is 14.9. The normalized spacial score (nSPS) is 35.1. The minimum absolute atomic E-state index is 0.522. The van der Waals surface area contributed by atoms with Crippen molar-refractivity contribution in [3.8, 4) is 0 Å². The maximum Gasteiger partial charge on any atom is 0.00117 e. The monoisotopic (exact) mass is 187 g/mol. The van der Waals surface area contributed by atoms with Gasteiger partial charge in [-0.2, -0.15) is 0 Å². The molecule has 1 saturated heterocycles. The second-order valence-corrected chi connectivity index (χ2v) is 5.13. The van der Waals surface area contributed by atoms with Crippen LogP contribution >= 0.6 is 0 Å². The molecule has 0 saturated carbocycles. The second-order valence-electron chi connectivity index (χ2n) is 5.13. The van der Waals surface area contributed by atoms with Gasteiger partial charge in [-0.15, -0.1) is 0 Å². The molecule has 1 aliphatic heterocycles. The van der Waals surface area contributed by atoms with Crippen molar-refractivity contribution in [3.63, 3.8) is 0 Å². The molecular formula is C13H17N. The third-order valence-corrected chi connectivity index (χ3v) is 4.08. The summed E-state index contributed by atoms with van der Waals surface area (Å²) in [6, 6.07) is 8.94. The molecule has 0 spiro atoms. The van der Waals surface area contributed by atoms with Crippen molar-refractivity contribution in [1.82, 2.24) is 5.32 Å². The van der Waals surface area contributed by atoms with Crippen LogP contribution in [0.4, 0.5) is 0 Å². The zero-order chi connectivity index (χ0) is 9.60. The average molecular weight is 187 g/mol. The largest absolute Gasteiger partial charge is 0.316 e. The average Bonchev–Trinajstić information content (AvgIpc) is 2.54. The Morgan fingerprint density at radius 2 is 2.07 bits per heavy atom. The fourth-order valence-electron chi connectivity index (χ4n) is 3.08. The summed E-state index contributed by atoms with van der Waals surface area (Å²) in [7, 11) is 0. The van der Waals surface area contributed by atoms with Crippen LogP contribution in [0.15, 0.2) is 24.3 Å². The van der Waals surface area contributed by atoms with Crippen molar-refractivity contribution in [2.24, 2.45) is 11.3 Å². The fraction of sp³-hybridized carbons (Fsp3) is 0.538. The van der Waals surface area contributed by atoms with Gasteiger partial charge >= 0.3 is 0 Å². The standard InChI is InChI=1S/C13H17N/c1-13-7-11-5-3-2-4-10(11)6-12(13)8-14-9-13/h2-5,12,14H,6-9H2,1H3/t12-,13-/m0/s1. The predicted molar refractivity (Wildman–Crippen MR) is 58.3 cm³/mol. The van der Waals surface area contributed by atoms with E-state index in [2.05, 4.69) is 36.5 Å². The van der Waals surface area contributed by atoms with Crippen molar-refractivity contribution in [1.29, 1.82) is 0 Å². The Kier molecular flexibility index (Phi) is 1.72. The van der Waals surface area contributed by atoms with Gasteiger partial charge in [-0.05, 0) is 41.8 Å². The molecule has 0 radical (unpaired) electrons. The molecule has 3 rings (SSSR count). The minimum Gasteiger partial charge on any atom is -0.316 e. The Hall–Kier alpha value is -0.820. The van der Waals surface area contributed by atoms with Crippen LogP contribution in [0, 0.1) is 11.3 Å². The number of rotatable bonds is 0. The first kappa shape index (κ1) is 8.49. The topological polar surface area (TPSA) is 12.0 Å². The van der Waals surface area contributed by atoms with E-state index in [1.54, 1.807) is 11.1 Å². The third-order valence-electron chi connectivity index (χ3n) is 4.08. The molecule has 0 amide bonds. The zero-order valence-electron chi connectivity index (χ0n) is 8.72. The molecule has 1 heteroatoms. The molecule has 1 fully saturated rings. The number of fused-ring (bicyclic) bond motifs is 2. The summed E-state index contributed by atoms with van der Waals surface area (Å²) in [6.07, 6.45) is 2.54. The van der Waals surface area contributed by atoms with Gasteiger partial charge < -0.3 is 5.32 Å². The summed E-state index contributed by atoms with van der Waals surface area (Å²) in [5, 5.41) is 3.54. The Bertz CT molecular complexity index is 358. The maximum absolute atomic E-state index is 3.54. The lowest BCUT2D eigenvalue weighted by molar-refractivity contribution is 0.236. The smallest absolute Gasteiger partial charge is 0.00117 e. The molecule has 1 aliphatic carbocycles. The maximum atomic E-state index is 3.54. The SMILES string of the molecule is C[C@]12CNC[C@@H]1Cc1ccccc1C2. The number of hydrogen-bond acceptors (Lipinski definition) is 1. The van der Waals surface area contributed by atoms with Crippen LogP contribution in [0.25, 0.3) is 0 Å². The van der Waals surface area contributed by atoms with Crippen molar-refractivity contribution in [2.45, 2.75) is 19.8 Å². The van der Waals surface area contributed by atoms with Crippen molar-refractivity contribution < 1.29 is 0 Å². The molecule has 0 aromatic heterocycles. The summed E-state index contributed by atoms with van der Waals surface area (Å²) >= 11 is 0. The highest BCUT2D eigenvalue weighted by molar-refractivity contribution is 5.32. The van der Waals surface area contributed by atoms with E-state index in [0.717, 1.165) is 5.92 Å². The van der Waals surface area contributed by atoms with Crippen LogP contribution in [0.3, 0.4) is 0 Å². The van der Waals surface area contributed by atoms with Crippen LogP contribution in [-0.4, -0.2) is 13.1 Å². The first-order valence-corrected chi connectivity index (χ1v) is 5.55. The molecule has 2 aliphatic rings. The van der Waals surface area contributed by atoms with E-state index in [-0.39, 0.29) is 0 Å². The lowest BCUT2D eigenvalue weighted by Crippen LogP contribution is -2.34. The highest BCUT2D eigenvalue weighted by Crippen LogP contribution is 2.41. The molecule has 14 heavy (non-hydrogen) atoms. The summed E-state index contributed by atoms with van der Waals surface area (Å²) in [5.74, 6) is 0.859. The lowest BCUT2D eigenvalue weighted by Gasteiger charge is -2.36. The van der Waals surface area contributed by atoms with E-state index in [4.69, 9.17) is 0 Å². The molecule has 2 atom stereocenters. The van der Waals surface area contributed by atoms with Crippen LogP contribution < -0.4 is 5.32 Å². The minimum atomic E-state index is 0.522. The predicted octanol–water partition coefficient (Wildman–Crippen LogP) is 2.01. The van der Waals surface area contributed by atoms with E-state index in [0.29, 0.717) is 5.41 Å². The van der Waals surface area contributed by atoms with E-state index in [1.807, 2.05) is 0 Å². The van der Waals surface area contributed by atoms with Gasteiger partial charge in [0.1, 0.15) is 0 Å². The van der Waals surface area contributed by atoms with Crippen LogP contribution in [0.1, 0.15) is 18.1 Å². The number of benzene rings is 1. The Morgan fingerprint density at radius 1 is 1.29 bits per heavy atom. The molecule has 0 unspecified atom stereocenters. The molecule has 1 aromatic carbocycles. The molecule has 1 aromatic rings. The van der Waals surface area contributed by atoms with Gasteiger partial charge in [0.25, 0.3) is 0 Å². The van der Waals surface area contributed by atoms with Crippen molar-refractivity contribution in [3.05, 3.63) is 35.4 Å². The molecular weight excluding hydrogens is 170 g/mol. The van der Waals surface area contributed by atoms with Crippen LogP contribution in [-0.2, 0) is 12.8 Å². The Labute approximate surface area is 85.5 Å². The molecule has 74 valence electrons. The first-order valence-electron chi connectivity index (χ1n) is 5.55. The summed E-state index contributed by atoms with van der Waals surface area (Å²) in [6.45, 7) is 4.85. The number of nitrogens with one attached hydrogen (secondary N) is 1. The molecule has 0 bridgehead atoms. The van der Waals surface area contributed by atoms with Crippen LogP contribution in [0.5, 0.6) is 0 Å². The lowest BCUT2D eigenvalue weighted by atomic mass is 9.67. The molecule has 1 heterocycles. The van der Waals surface area contributed by atoms with E-state index in [1.165, 1.54) is 25.9 Å². The van der Waals surface area contributed by atoms with Crippen LogP contribution in [0.2, 0.25) is 0 Å². The first-order chi connectivity index (χ1) is 6.78. The quantitative estimate of drug-likeness (QED) is 0.655. The second kappa shape index (κ2) is 2.83. The van der Waals surface area contributed by atoms with Crippen molar-refractivity contribution in [2.75, 3.05) is 13.1 Å². The molecule has 1 N–H and O–H groups in total. The van der Waals surface area contributed by atoms with E-state index >= 15 is 0 Å². The van der Waals surface area contributed by atoms with Gasteiger partial charge in [0.15, 0.2) is 0 Å². The summed E-state index contributed by atoms with van der Waals surface area (Å²) in [4.78, 5) is 0. The Morgan fingerprint density at radius 3 is 2.93 bits per heavy atom. The van der Waals surface area contributed by atoms with Crippen molar-refractivity contribution >= 4 is 0 Å². The fourth-order valence-corrected chi connectivity index (χ4v) is 3.08. The van der Waals surface area contributed by atoms with Gasteiger partial charge in [-0.25, -0.2) is 0 Å². The van der Waals surface area contributed by atoms with Gasteiger partial charge in [0.05, 0.1) is 0 Å². The van der Waals surface area contributed by atoms with E-state index < -0.39 is 0 Å². The number of hydrogen-bond donors (Lipinski definition) is 1. The Balaban J connectivity index is 2.02. The van der Waals surface area contributed by atoms with Gasteiger partial charge in [-0.3, -0.25) is 0 Å². The summed E-state index contributed by atoms with van der Waals surface area (Å²) < 4.78 is 0. The van der Waals surface area contributed by atoms with Gasteiger partial charge in [0.2, 0.25) is 0 Å². The van der Waals surface area contributed by atoms with Gasteiger partial charge in [0, 0.05) is 6.54 Å². The zero-order valence-corrected chi connectivity index (χ0v) is 8.72. The molecule has 1 nitrogen and oxygen atoms in total. The summed E-state index contributed by atoms with van der Waals surface area (Å²) in [5.41, 5.74) is 3.68. The van der Waals surface area contributed by atoms with E-state index in [9.17, 15) is 0 Å². The highest BCUT2D eigenvalue weighted by Gasteiger charge is 2.41. The third kappa shape index (κ3) is 1.12. The van der Waals surface area contributed by atoms with Gasteiger partial charge in [-0.1, -0.05) is 31.2 Å².